The maximum Gasteiger partial charge on any atom is 0.268 e. The summed E-state index contributed by atoms with van der Waals surface area (Å²) in [6, 6.07) is 7.62. The molecule has 0 unspecified atom stereocenters. The van der Waals surface area contributed by atoms with Crippen molar-refractivity contribution < 1.29 is 9.53 Å². The van der Waals surface area contributed by atoms with E-state index in [0.717, 1.165) is 31.1 Å². The first kappa shape index (κ1) is 13.4. The number of nitrogens with one attached hydrogen (secondary N) is 1. The van der Waals surface area contributed by atoms with Crippen LogP contribution in [0.4, 0.5) is 0 Å². The molecule has 2 aliphatic rings. The quantitative estimate of drug-likeness (QED) is 0.941. The summed E-state index contributed by atoms with van der Waals surface area (Å²) in [6.07, 6.45) is 3.98. The molecular weight excluding hydrogens is 280 g/mol. The van der Waals surface area contributed by atoms with Crippen molar-refractivity contribution in [3.63, 3.8) is 0 Å². The SMILES string of the molecule is COc1ccc2c(=O)n(C3CC3)c(C(=O)NC3CC3)cc2c1. The van der Waals surface area contributed by atoms with Crippen molar-refractivity contribution in [2.75, 3.05) is 7.11 Å². The minimum absolute atomic E-state index is 0.0800. The van der Waals surface area contributed by atoms with E-state index >= 15 is 0 Å². The molecule has 0 saturated heterocycles. The van der Waals surface area contributed by atoms with E-state index < -0.39 is 0 Å². The zero-order valence-corrected chi connectivity index (χ0v) is 12.5. The summed E-state index contributed by atoms with van der Waals surface area (Å²) in [5.41, 5.74) is 0.392. The molecule has 0 aliphatic heterocycles. The normalized spacial score (nSPS) is 17.5. The second-order valence-corrected chi connectivity index (χ2v) is 6.14. The van der Waals surface area contributed by atoms with Gasteiger partial charge in [-0.05, 0) is 55.3 Å². The van der Waals surface area contributed by atoms with E-state index in [2.05, 4.69) is 5.32 Å². The molecule has 2 aromatic rings. The van der Waals surface area contributed by atoms with Crippen molar-refractivity contribution in [1.29, 1.82) is 0 Å². The number of amides is 1. The van der Waals surface area contributed by atoms with Crippen LogP contribution in [0, 0.1) is 0 Å². The lowest BCUT2D eigenvalue weighted by atomic mass is 10.1. The predicted molar refractivity (Wildman–Crippen MR) is 83.5 cm³/mol. The fraction of sp³-hybridized carbons (Fsp3) is 0.412. The van der Waals surface area contributed by atoms with E-state index in [4.69, 9.17) is 4.74 Å². The number of hydrogen-bond acceptors (Lipinski definition) is 3. The molecule has 4 rings (SSSR count). The van der Waals surface area contributed by atoms with Crippen LogP contribution in [0.1, 0.15) is 42.2 Å². The van der Waals surface area contributed by atoms with Crippen molar-refractivity contribution in [1.82, 2.24) is 9.88 Å². The topological polar surface area (TPSA) is 60.3 Å². The van der Waals surface area contributed by atoms with Crippen LogP contribution in [-0.4, -0.2) is 23.6 Å². The summed E-state index contributed by atoms with van der Waals surface area (Å²) in [5.74, 6) is 0.542. The Labute approximate surface area is 127 Å². The molecule has 5 nitrogen and oxygen atoms in total. The number of carbonyl (C=O) groups is 1. The van der Waals surface area contributed by atoms with Gasteiger partial charge in [-0.15, -0.1) is 0 Å². The maximum atomic E-state index is 12.8. The van der Waals surface area contributed by atoms with E-state index in [1.54, 1.807) is 23.8 Å². The third-order valence-electron chi connectivity index (χ3n) is 4.32. The van der Waals surface area contributed by atoms with Crippen LogP contribution in [0.15, 0.2) is 29.1 Å². The smallest absolute Gasteiger partial charge is 0.268 e. The van der Waals surface area contributed by atoms with Gasteiger partial charge in [0.15, 0.2) is 0 Å². The number of hydrogen-bond donors (Lipinski definition) is 1. The Morgan fingerprint density at radius 1 is 1.23 bits per heavy atom. The van der Waals surface area contributed by atoms with Crippen LogP contribution in [0.5, 0.6) is 5.75 Å². The lowest BCUT2D eigenvalue weighted by molar-refractivity contribution is 0.0940. The summed E-state index contributed by atoms with van der Waals surface area (Å²) in [5, 5.41) is 4.37. The highest BCUT2D eigenvalue weighted by molar-refractivity contribution is 5.97. The number of ether oxygens (including phenoxy) is 1. The average Bonchev–Trinajstić information content (AvgIpc) is 3.40. The van der Waals surface area contributed by atoms with E-state index in [1.807, 2.05) is 12.1 Å². The number of fused-ring (bicyclic) bond motifs is 1. The van der Waals surface area contributed by atoms with Gasteiger partial charge in [-0.3, -0.25) is 9.59 Å². The van der Waals surface area contributed by atoms with Gasteiger partial charge in [0.05, 0.1) is 7.11 Å². The molecule has 1 heterocycles. The Morgan fingerprint density at radius 2 is 2.00 bits per heavy atom. The minimum atomic E-state index is -0.142. The van der Waals surface area contributed by atoms with Crippen LogP contribution in [0.25, 0.3) is 10.8 Å². The largest absolute Gasteiger partial charge is 0.497 e. The zero-order chi connectivity index (χ0) is 15.3. The second-order valence-electron chi connectivity index (χ2n) is 6.14. The lowest BCUT2D eigenvalue weighted by Crippen LogP contribution is -2.33. The Bertz CT molecular complexity index is 816. The highest BCUT2D eigenvalue weighted by Crippen LogP contribution is 2.35. The molecule has 5 heteroatoms. The van der Waals surface area contributed by atoms with E-state index in [0.29, 0.717) is 16.8 Å². The van der Waals surface area contributed by atoms with Crippen molar-refractivity contribution in [2.24, 2.45) is 0 Å². The first-order valence-corrected chi connectivity index (χ1v) is 7.71. The molecule has 2 saturated carbocycles. The van der Waals surface area contributed by atoms with Crippen LogP contribution in [0.3, 0.4) is 0 Å². The third-order valence-corrected chi connectivity index (χ3v) is 4.32. The van der Waals surface area contributed by atoms with Gasteiger partial charge >= 0.3 is 0 Å². The fourth-order valence-corrected chi connectivity index (χ4v) is 2.80. The van der Waals surface area contributed by atoms with Crippen molar-refractivity contribution in [3.05, 3.63) is 40.3 Å². The second kappa shape index (κ2) is 4.87. The molecule has 2 fully saturated rings. The Hall–Kier alpha value is -2.30. The van der Waals surface area contributed by atoms with E-state index in [-0.39, 0.29) is 23.6 Å². The van der Waals surface area contributed by atoms with Crippen LogP contribution >= 0.6 is 0 Å². The monoisotopic (exact) mass is 298 g/mol. The molecule has 1 aromatic carbocycles. The Kier molecular flexibility index (Phi) is 2.96. The van der Waals surface area contributed by atoms with Gasteiger partial charge in [0.2, 0.25) is 0 Å². The van der Waals surface area contributed by atoms with E-state index in [9.17, 15) is 9.59 Å². The van der Waals surface area contributed by atoms with Crippen LogP contribution in [0.2, 0.25) is 0 Å². The molecule has 2 aliphatic carbocycles. The molecule has 1 amide bonds. The average molecular weight is 298 g/mol. The molecule has 114 valence electrons. The van der Waals surface area contributed by atoms with Crippen molar-refractivity contribution >= 4 is 16.7 Å². The molecular formula is C17H18N2O3. The molecule has 1 aromatic heterocycles. The van der Waals surface area contributed by atoms with Crippen molar-refractivity contribution in [3.8, 4) is 5.75 Å². The number of carbonyl (C=O) groups excluding carboxylic acids is 1. The minimum Gasteiger partial charge on any atom is -0.497 e. The summed E-state index contributed by atoms with van der Waals surface area (Å²) < 4.78 is 6.89. The van der Waals surface area contributed by atoms with Gasteiger partial charge in [-0.25, -0.2) is 0 Å². The van der Waals surface area contributed by atoms with Gasteiger partial charge in [0.1, 0.15) is 11.4 Å². The highest BCUT2D eigenvalue weighted by Gasteiger charge is 2.31. The number of pyridine rings is 1. The standard InChI is InChI=1S/C17H18N2O3/c1-22-13-6-7-14-10(8-13)9-15(16(20)18-11-2-3-11)19(17(14)21)12-4-5-12/h6-9,11-12H,2-5H2,1H3,(H,18,20). The number of benzene rings is 1. The molecule has 1 N–H and O–H groups in total. The van der Waals surface area contributed by atoms with Gasteiger partial charge in [0, 0.05) is 17.5 Å². The zero-order valence-electron chi connectivity index (χ0n) is 12.5. The van der Waals surface area contributed by atoms with Crippen LogP contribution in [-0.2, 0) is 0 Å². The van der Waals surface area contributed by atoms with Gasteiger partial charge in [-0.2, -0.15) is 0 Å². The number of methoxy groups -OCH3 is 1. The molecule has 0 atom stereocenters. The van der Waals surface area contributed by atoms with Crippen LogP contribution < -0.4 is 15.6 Å². The van der Waals surface area contributed by atoms with Gasteiger partial charge in [-0.1, -0.05) is 0 Å². The molecule has 0 bridgehead atoms. The number of rotatable bonds is 4. The highest BCUT2D eigenvalue weighted by atomic mass is 16.5. The van der Waals surface area contributed by atoms with Gasteiger partial charge in [0.25, 0.3) is 11.5 Å². The van der Waals surface area contributed by atoms with E-state index in [1.165, 1.54) is 0 Å². The fourth-order valence-electron chi connectivity index (χ4n) is 2.80. The Morgan fingerprint density at radius 3 is 2.64 bits per heavy atom. The number of aromatic nitrogens is 1. The van der Waals surface area contributed by atoms with Gasteiger partial charge < -0.3 is 14.6 Å². The first-order chi connectivity index (χ1) is 10.7. The molecule has 0 spiro atoms. The maximum absolute atomic E-state index is 12.8. The summed E-state index contributed by atoms with van der Waals surface area (Å²) >= 11 is 0. The number of nitrogens with zero attached hydrogens (tertiary/aromatic N) is 1. The summed E-state index contributed by atoms with van der Waals surface area (Å²) in [7, 11) is 1.59. The predicted octanol–water partition coefficient (Wildman–Crippen LogP) is 2.24. The lowest BCUT2D eigenvalue weighted by Gasteiger charge is -2.14. The first-order valence-electron chi connectivity index (χ1n) is 7.71. The Balaban J connectivity index is 1.89. The van der Waals surface area contributed by atoms with Crippen molar-refractivity contribution in [2.45, 2.75) is 37.8 Å². The summed E-state index contributed by atoms with van der Waals surface area (Å²) in [6.45, 7) is 0. The third kappa shape index (κ3) is 2.26. The molecule has 22 heavy (non-hydrogen) atoms. The molecule has 0 radical (unpaired) electrons. The summed E-state index contributed by atoms with van der Waals surface area (Å²) in [4.78, 5) is 25.3.